The van der Waals surface area contributed by atoms with Gasteiger partial charge in [-0.25, -0.2) is 4.98 Å². The second kappa shape index (κ2) is 6.91. The summed E-state index contributed by atoms with van der Waals surface area (Å²) < 4.78 is 0.392. The van der Waals surface area contributed by atoms with E-state index in [1.807, 2.05) is 29.8 Å². The zero-order valence-corrected chi connectivity index (χ0v) is 15.2. The van der Waals surface area contributed by atoms with Crippen LogP contribution in [-0.4, -0.2) is 32.6 Å². The molecule has 23 heavy (non-hydrogen) atoms. The number of thioether (sulfide) groups is 1. The summed E-state index contributed by atoms with van der Waals surface area (Å²) in [4.78, 5) is 31.5. The molecule has 0 saturated carbocycles. The fraction of sp³-hybridized carbons (Fsp3) is 0.143. The van der Waals surface area contributed by atoms with Gasteiger partial charge in [-0.1, -0.05) is 30.0 Å². The summed E-state index contributed by atoms with van der Waals surface area (Å²) in [5, 5.41) is 6.99. The van der Waals surface area contributed by atoms with Crippen molar-refractivity contribution in [3.05, 3.63) is 38.4 Å². The molecule has 2 amide bonds. The number of carbonyl (C=O) groups is 2. The van der Waals surface area contributed by atoms with Gasteiger partial charge in [-0.05, 0) is 24.4 Å². The molecule has 1 fully saturated rings. The highest BCUT2D eigenvalue weighted by molar-refractivity contribution is 8.26. The number of rotatable bonds is 4. The fourth-order valence-electron chi connectivity index (χ4n) is 1.85. The van der Waals surface area contributed by atoms with Crippen LogP contribution in [-0.2, 0) is 9.59 Å². The van der Waals surface area contributed by atoms with Gasteiger partial charge in [0.2, 0.25) is 5.91 Å². The van der Waals surface area contributed by atoms with Crippen LogP contribution < -0.4 is 5.32 Å². The minimum absolute atomic E-state index is 0.106. The lowest BCUT2D eigenvalue weighted by molar-refractivity contribution is -0.126. The van der Waals surface area contributed by atoms with E-state index in [1.165, 1.54) is 28.0 Å². The zero-order chi connectivity index (χ0) is 16.4. The van der Waals surface area contributed by atoms with Crippen molar-refractivity contribution in [3.63, 3.8) is 0 Å². The number of anilines is 1. The summed E-state index contributed by atoms with van der Waals surface area (Å²) in [5.41, 5.74) is 0.842. The van der Waals surface area contributed by atoms with Crippen LogP contribution in [0.1, 0.15) is 10.6 Å². The van der Waals surface area contributed by atoms with Crippen molar-refractivity contribution in [1.82, 2.24) is 9.88 Å². The Morgan fingerprint density at radius 2 is 2.30 bits per heavy atom. The normalized spacial score (nSPS) is 16.4. The lowest BCUT2D eigenvalue weighted by Crippen LogP contribution is -2.36. The number of hydrogen-bond donors (Lipinski definition) is 1. The van der Waals surface area contributed by atoms with Gasteiger partial charge in [0.1, 0.15) is 10.9 Å². The van der Waals surface area contributed by atoms with Gasteiger partial charge in [0.25, 0.3) is 5.91 Å². The molecule has 0 unspecified atom stereocenters. The van der Waals surface area contributed by atoms with Crippen molar-refractivity contribution in [3.8, 4) is 0 Å². The third-order valence-corrected chi connectivity index (χ3v) is 5.93. The van der Waals surface area contributed by atoms with Crippen LogP contribution in [0.2, 0.25) is 0 Å². The molecule has 1 N–H and O–H groups in total. The number of aromatic nitrogens is 1. The van der Waals surface area contributed by atoms with E-state index in [4.69, 9.17) is 12.2 Å². The Morgan fingerprint density at radius 3 is 2.96 bits per heavy atom. The molecular formula is C14H11N3O2S4. The molecule has 3 rings (SSSR count). The van der Waals surface area contributed by atoms with Crippen molar-refractivity contribution >= 4 is 74.0 Å². The zero-order valence-electron chi connectivity index (χ0n) is 11.9. The summed E-state index contributed by atoms with van der Waals surface area (Å²) in [6.07, 6.45) is 1.80. The van der Waals surface area contributed by atoms with E-state index < -0.39 is 0 Å². The first-order valence-corrected chi connectivity index (χ1v) is 9.52. The number of thiocarbonyl (C=S) groups is 1. The average Bonchev–Trinajstić information content (AvgIpc) is 3.19. The van der Waals surface area contributed by atoms with E-state index in [2.05, 4.69) is 10.3 Å². The van der Waals surface area contributed by atoms with Gasteiger partial charge in [-0.15, -0.1) is 22.7 Å². The third kappa shape index (κ3) is 3.86. The summed E-state index contributed by atoms with van der Waals surface area (Å²) in [5.74, 6) is -0.549. The van der Waals surface area contributed by atoms with Crippen molar-refractivity contribution in [1.29, 1.82) is 0 Å². The Morgan fingerprint density at radius 1 is 1.48 bits per heavy atom. The summed E-state index contributed by atoms with van der Waals surface area (Å²) in [6.45, 7) is 1.74. The molecule has 1 saturated heterocycles. The second-order valence-corrected chi connectivity index (χ2v) is 8.14. The van der Waals surface area contributed by atoms with Crippen molar-refractivity contribution in [2.45, 2.75) is 6.92 Å². The predicted molar refractivity (Wildman–Crippen MR) is 99.7 cm³/mol. The Bertz CT molecular complexity index is 795. The lowest BCUT2D eigenvalue weighted by atomic mass is 10.3. The van der Waals surface area contributed by atoms with Crippen LogP contribution in [0.5, 0.6) is 0 Å². The number of hydrogen-bond acceptors (Lipinski definition) is 7. The van der Waals surface area contributed by atoms with Gasteiger partial charge in [0, 0.05) is 10.3 Å². The van der Waals surface area contributed by atoms with Gasteiger partial charge in [-0.2, -0.15) is 0 Å². The maximum absolute atomic E-state index is 12.4. The molecule has 0 aliphatic carbocycles. The molecular weight excluding hydrogens is 370 g/mol. The van der Waals surface area contributed by atoms with Crippen molar-refractivity contribution < 1.29 is 9.59 Å². The highest BCUT2D eigenvalue weighted by atomic mass is 32.2. The summed E-state index contributed by atoms with van der Waals surface area (Å²) in [7, 11) is 0. The minimum atomic E-state index is -0.312. The quantitative estimate of drug-likeness (QED) is 0.650. The monoisotopic (exact) mass is 381 g/mol. The highest BCUT2D eigenvalue weighted by Crippen LogP contribution is 2.33. The molecule has 5 nitrogen and oxygen atoms in total. The molecule has 3 heterocycles. The van der Waals surface area contributed by atoms with Crippen LogP contribution in [0.3, 0.4) is 0 Å². The number of nitrogens with zero attached hydrogens (tertiary/aromatic N) is 2. The Kier molecular flexibility index (Phi) is 4.90. The van der Waals surface area contributed by atoms with E-state index in [0.717, 1.165) is 10.6 Å². The number of nitrogens with one attached hydrogen (secondary N) is 1. The second-order valence-electron chi connectivity index (χ2n) is 4.63. The van der Waals surface area contributed by atoms with E-state index in [1.54, 1.807) is 17.4 Å². The minimum Gasteiger partial charge on any atom is -0.300 e. The molecule has 1 aliphatic rings. The molecule has 2 aromatic rings. The number of aryl methyl sites for hydroxylation is 1. The number of thiazole rings is 1. The van der Waals surface area contributed by atoms with E-state index in [9.17, 15) is 9.59 Å². The largest absolute Gasteiger partial charge is 0.300 e. The standard InChI is InChI=1S/C14H11N3O2S4/c1-8-7-22-13(15-8)16-11(18)6-17-12(19)10(23-14(17)20)5-9-3-2-4-21-9/h2-5,7H,6H2,1H3,(H,15,16,18)/b10-5+. The van der Waals surface area contributed by atoms with Crippen LogP contribution in [0, 0.1) is 6.92 Å². The molecule has 0 atom stereocenters. The first kappa shape index (κ1) is 16.3. The molecule has 9 heteroatoms. The lowest BCUT2D eigenvalue weighted by Gasteiger charge is -2.13. The first-order valence-electron chi connectivity index (χ1n) is 6.54. The topological polar surface area (TPSA) is 62.3 Å². The van der Waals surface area contributed by atoms with Gasteiger partial charge < -0.3 is 5.32 Å². The maximum atomic E-state index is 12.4. The molecule has 0 bridgehead atoms. The van der Waals surface area contributed by atoms with E-state index >= 15 is 0 Å². The van der Waals surface area contributed by atoms with Crippen molar-refractivity contribution in [2.24, 2.45) is 0 Å². The fourth-order valence-corrected chi connectivity index (χ4v) is 4.53. The number of thiophene rings is 1. The molecule has 0 radical (unpaired) electrons. The molecule has 118 valence electrons. The summed E-state index contributed by atoms with van der Waals surface area (Å²) in [6, 6.07) is 3.84. The third-order valence-electron chi connectivity index (χ3n) is 2.86. The van der Waals surface area contributed by atoms with Crippen LogP contribution in [0.4, 0.5) is 5.13 Å². The summed E-state index contributed by atoms with van der Waals surface area (Å²) >= 11 is 9.32. The number of amides is 2. The predicted octanol–water partition coefficient (Wildman–Crippen LogP) is 3.35. The molecule has 1 aliphatic heterocycles. The van der Waals surface area contributed by atoms with E-state index in [-0.39, 0.29) is 18.4 Å². The highest BCUT2D eigenvalue weighted by Gasteiger charge is 2.33. The van der Waals surface area contributed by atoms with Crippen LogP contribution in [0.15, 0.2) is 27.8 Å². The molecule has 2 aromatic heterocycles. The Labute approximate surface area is 150 Å². The molecule has 0 spiro atoms. The SMILES string of the molecule is Cc1csc(NC(=O)CN2C(=O)/C(=C\c3cccs3)SC2=S)n1. The van der Waals surface area contributed by atoms with Gasteiger partial charge >= 0.3 is 0 Å². The van der Waals surface area contributed by atoms with Crippen molar-refractivity contribution in [2.75, 3.05) is 11.9 Å². The van der Waals surface area contributed by atoms with Crippen LogP contribution >= 0.6 is 46.7 Å². The van der Waals surface area contributed by atoms with E-state index in [0.29, 0.717) is 14.4 Å². The number of carbonyl (C=O) groups excluding carboxylic acids is 2. The molecule has 0 aromatic carbocycles. The Balaban J connectivity index is 1.67. The smallest absolute Gasteiger partial charge is 0.266 e. The van der Waals surface area contributed by atoms with Gasteiger partial charge in [-0.3, -0.25) is 14.5 Å². The first-order chi connectivity index (χ1) is 11.0. The van der Waals surface area contributed by atoms with Crippen LogP contribution in [0.25, 0.3) is 6.08 Å². The van der Waals surface area contributed by atoms with Gasteiger partial charge in [0.15, 0.2) is 5.13 Å². The van der Waals surface area contributed by atoms with Gasteiger partial charge in [0.05, 0.1) is 10.6 Å². The Hall–Kier alpha value is -1.55. The average molecular weight is 382 g/mol. The maximum Gasteiger partial charge on any atom is 0.266 e.